The highest BCUT2D eigenvalue weighted by Gasteiger charge is 2.28. The maximum atomic E-state index is 9.07. The van der Waals surface area contributed by atoms with Gasteiger partial charge in [0.05, 0.1) is 28.1 Å². The van der Waals surface area contributed by atoms with E-state index in [1.807, 2.05) is 10.9 Å². The zero-order chi connectivity index (χ0) is 13.2. The molecule has 0 spiro atoms. The molecule has 1 aliphatic heterocycles. The van der Waals surface area contributed by atoms with Gasteiger partial charge in [0.15, 0.2) is 0 Å². The second-order valence-electron chi connectivity index (χ2n) is 4.66. The van der Waals surface area contributed by atoms with E-state index < -0.39 is 0 Å². The SMILES string of the molecule is N#Cc1ccncc1N1CC(Cn2cc(Br)cn2)C1. The Morgan fingerprint density at radius 2 is 2.26 bits per heavy atom. The van der Waals surface area contributed by atoms with Gasteiger partial charge >= 0.3 is 0 Å². The smallest absolute Gasteiger partial charge is 0.101 e. The molecule has 0 aliphatic carbocycles. The van der Waals surface area contributed by atoms with E-state index in [-0.39, 0.29) is 0 Å². The fraction of sp³-hybridized carbons (Fsp3) is 0.308. The Labute approximate surface area is 119 Å². The third-order valence-corrected chi connectivity index (χ3v) is 3.67. The lowest BCUT2D eigenvalue weighted by atomic mass is 9.98. The van der Waals surface area contributed by atoms with Crippen LogP contribution in [0, 0.1) is 17.2 Å². The molecule has 0 saturated carbocycles. The summed E-state index contributed by atoms with van der Waals surface area (Å²) >= 11 is 3.39. The van der Waals surface area contributed by atoms with Gasteiger partial charge in [0.1, 0.15) is 6.07 Å². The lowest BCUT2D eigenvalue weighted by molar-refractivity contribution is 0.342. The number of anilines is 1. The van der Waals surface area contributed by atoms with Crippen molar-refractivity contribution in [1.29, 1.82) is 5.26 Å². The van der Waals surface area contributed by atoms with E-state index in [2.05, 4.69) is 37.0 Å². The maximum absolute atomic E-state index is 9.07. The zero-order valence-corrected chi connectivity index (χ0v) is 11.8. The summed E-state index contributed by atoms with van der Waals surface area (Å²) in [4.78, 5) is 6.28. The van der Waals surface area contributed by atoms with Crippen molar-refractivity contribution in [3.63, 3.8) is 0 Å². The largest absolute Gasteiger partial charge is 0.368 e. The Bertz CT molecular complexity index is 624. The van der Waals surface area contributed by atoms with E-state index in [1.165, 1.54) is 0 Å². The van der Waals surface area contributed by atoms with Crippen molar-refractivity contribution < 1.29 is 0 Å². The average molecular weight is 318 g/mol. The Morgan fingerprint density at radius 1 is 1.42 bits per heavy atom. The number of nitriles is 1. The molecule has 1 saturated heterocycles. The van der Waals surface area contributed by atoms with Crippen LogP contribution in [0.5, 0.6) is 0 Å². The third kappa shape index (κ3) is 2.47. The van der Waals surface area contributed by atoms with Gasteiger partial charge in [-0.3, -0.25) is 9.67 Å². The first-order chi connectivity index (χ1) is 9.26. The van der Waals surface area contributed by atoms with E-state index in [1.54, 1.807) is 24.7 Å². The van der Waals surface area contributed by atoms with Crippen molar-refractivity contribution in [2.24, 2.45) is 5.92 Å². The van der Waals surface area contributed by atoms with Crippen molar-refractivity contribution >= 4 is 21.6 Å². The lowest BCUT2D eigenvalue weighted by Crippen LogP contribution is -2.49. The molecule has 19 heavy (non-hydrogen) atoms. The predicted octanol–water partition coefficient (Wildman–Crippen LogP) is 2.05. The van der Waals surface area contributed by atoms with Crippen LogP contribution in [0.3, 0.4) is 0 Å². The molecule has 2 aromatic heterocycles. The molecule has 5 nitrogen and oxygen atoms in total. The van der Waals surface area contributed by atoms with Crippen LogP contribution >= 0.6 is 15.9 Å². The second kappa shape index (κ2) is 5.02. The standard InChI is InChI=1S/C13H12BrN5/c14-12-4-17-19(9-12)8-10-6-18(7-10)13-5-16-2-1-11(13)3-15/h1-2,4-5,9-10H,6-8H2. The highest BCUT2D eigenvalue weighted by Crippen LogP contribution is 2.27. The van der Waals surface area contributed by atoms with Crippen LogP contribution in [0.25, 0.3) is 0 Å². The predicted molar refractivity (Wildman–Crippen MR) is 74.6 cm³/mol. The Morgan fingerprint density at radius 3 is 2.95 bits per heavy atom. The maximum Gasteiger partial charge on any atom is 0.101 e. The molecule has 0 atom stereocenters. The molecule has 6 heteroatoms. The summed E-state index contributed by atoms with van der Waals surface area (Å²) in [5.41, 5.74) is 1.62. The summed E-state index contributed by atoms with van der Waals surface area (Å²) in [6, 6.07) is 3.96. The first-order valence-electron chi connectivity index (χ1n) is 6.03. The van der Waals surface area contributed by atoms with Crippen molar-refractivity contribution in [1.82, 2.24) is 14.8 Å². The van der Waals surface area contributed by atoms with E-state index in [0.717, 1.165) is 29.8 Å². The van der Waals surface area contributed by atoms with Gasteiger partial charge in [-0.15, -0.1) is 0 Å². The van der Waals surface area contributed by atoms with Gasteiger partial charge in [-0.05, 0) is 22.0 Å². The van der Waals surface area contributed by atoms with Gasteiger partial charge in [-0.2, -0.15) is 10.4 Å². The Hall–Kier alpha value is -1.87. The minimum atomic E-state index is 0.568. The van der Waals surface area contributed by atoms with Gasteiger partial charge in [-0.25, -0.2) is 0 Å². The van der Waals surface area contributed by atoms with Crippen LogP contribution in [0.15, 0.2) is 35.3 Å². The summed E-state index contributed by atoms with van der Waals surface area (Å²) in [7, 11) is 0. The number of rotatable bonds is 3. The molecule has 3 rings (SSSR count). The van der Waals surface area contributed by atoms with Crippen LogP contribution in [-0.2, 0) is 6.54 Å². The van der Waals surface area contributed by atoms with Crippen LogP contribution < -0.4 is 4.90 Å². The van der Waals surface area contributed by atoms with Crippen LogP contribution in [0.4, 0.5) is 5.69 Å². The molecule has 0 radical (unpaired) electrons. The van der Waals surface area contributed by atoms with Crippen LogP contribution in [-0.4, -0.2) is 27.9 Å². The molecule has 0 aromatic carbocycles. The van der Waals surface area contributed by atoms with Gasteiger partial charge in [-0.1, -0.05) is 0 Å². The highest BCUT2D eigenvalue weighted by molar-refractivity contribution is 9.10. The van der Waals surface area contributed by atoms with Crippen LogP contribution in [0.2, 0.25) is 0 Å². The minimum Gasteiger partial charge on any atom is -0.368 e. The fourth-order valence-electron chi connectivity index (χ4n) is 2.32. The molecule has 96 valence electrons. The first kappa shape index (κ1) is 12.2. The van der Waals surface area contributed by atoms with Crippen molar-refractivity contribution in [3.05, 3.63) is 40.9 Å². The van der Waals surface area contributed by atoms with Gasteiger partial charge in [0, 0.05) is 37.9 Å². The molecule has 0 unspecified atom stereocenters. The number of nitrogens with zero attached hydrogens (tertiary/aromatic N) is 5. The van der Waals surface area contributed by atoms with E-state index in [0.29, 0.717) is 11.5 Å². The van der Waals surface area contributed by atoms with Crippen molar-refractivity contribution in [2.45, 2.75) is 6.54 Å². The highest BCUT2D eigenvalue weighted by atomic mass is 79.9. The van der Waals surface area contributed by atoms with Crippen molar-refractivity contribution in [3.8, 4) is 6.07 Å². The summed E-state index contributed by atoms with van der Waals surface area (Å²) < 4.78 is 2.95. The minimum absolute atomic E-state index is 0.568. The molecular formula is C13H12BrN5. The molecule has 2 aromatic rings. The number of hydrogen-bond acceptors (Lipinski definition) is 4. The Balaban J connectivity index is 1.62. The monoisotopic (exact) mass is 317 g/mol. The topological polar surface area (TPSA) is 57.7 Å². The second-order valence-corrected chi connectivity index (χ2v) is 5.57. The van der Waals surface area contributed by atoms with Gasteiger partial charge < -0.3 is 4.90 Å². The normalized spacial score (nSPS) is 15.1. The van der Waals surface area contributed by atoms with Crippen molar-refractivity contribution in [2.75, 3.05) is 18.0 Å². The quantitative estimate of drug-likeness (QED) is 0.869. The average Bonchev–Trinajstić information content (AvgIpc) is 2.79. The van der Waals surface area contributed by atoms with E-state index in [4.69, 9.17) is 5.26 Å². The van der Waals surface area contributed by atoms with Gasteiger partial charge in [0.25, 0.3) is 0 Å². The number of pyridine rings is 1. The molecule has 3 heterocycles. The number of halogens is 1. The lowest BCUT2D eigenvalue weighted by Gasteiger charge is -2.41. The first-order valence-corrected chi connectivity index (χ1v) is 6.82. The summed E-state index contributed by atoms with van der Waals surface area (Å²) in [6.07, 6.45) is 7.19. The summed E-state index contributed by atoms with van der Waals surface area (Å²) in [5, 5.41) is 13.3. The Kier molecular flexibility index (Phi) is 3.22. The molecule has 0 N–H and O–H groups in total. The van der Waals surface area contributed by atoms with Gasteiger partial charge in [0.2, 0.25) is 0 Å². The zero-order valence-electron chi connectivity index (χ0n) is 10.2. The molecule has 0 amide bonds. The summed E-state index contributed by atoms with van der Waals surface area (Å²) in [6.45, 7) is 2.79. The third-order valence-electron chi connectivity index (χ3n) is 3.27. The summed E-state index contributed by atoms with van der Waals surface area (Å²) in [5.74, 6) is 0.568. The fourth-order valence-corrected chi connectivity index (χ4v) is 2.65. The molecule has 1 aliphatic rings. The molecule has 1 fully saturated rings. The molecule has 0 bridgehead atoms. The van der Waals surface area contributed by atoms with E-state index >= 15 is 0 Å². The van der Waals surface area contributed by atoms with E-state index in [9.17, 15) is 0 Å². The molecular weight excluding hydrogens is 306 g/mol. The number of aromatic nitrogens is 3. The van der Waals surface area contributed by atoms with Crippen LogP contribution in [0.1, 0.15) is 5.56 Å². The number of hydrogen-bond donors (Lipinski definition) is 0.